The highest BCUT2D eigenvalue weighted by atomic mass is 16.6. The SMILES string of the molecule is Cc1cccc(Oc2cc(NC(=O)Cn3ccc(C)n3)cc([N+](=O)[O-])c2)c1. The lowest BCUT2D eigenvalue weighted by atomic mass is 10.2. The fourth-order valence-electron chi connectivity index (χ4n) is 2.53. The molecule has 0 spiro atoms. The third kappa shape index (κ3) is 4.91. The molecule has 0 atom stereocenters. The Balaban J connectivity index is 1.80. The summed E-state index contributed by atoms with van der Waals surface area (Å²) < 4.78 is 7.21. The second-order valence-corrected chi connectivity index (χ2v) is 6.09. The third-order valence-electron chi connectivity index (χ3n) is 3.69. The van der Waals surface area contributed by atoms with Crippen LogP contribution < -0.4 is 10.1 Å². The fraction of sp³-hybridized carbons (Fsp3) is 0.158. The molecule has 3 rings (SSSR count). The number of nitrogens with zero attached hydrogens (tertiary/aromatic N) is 3. The van der Waals surface area contributed by atoms with Gasteiger partial charge in [0.05, 0.1) is 22.4 Å². The maximum Gasteiger partial charge on any atom is 0.275 e. The van der Waals surface area contributed by atoms with Gasteiger partial charge in [0.1, 0.15) is 18.0 Å². The van der Waals surface area contributed by atoms with Crippen molar-refractivity contribution in [2.24, 2.45) is 0 Å². The quantitative estimate of drug-likeness (QED) is 0.528. The van der Waals surface area contributed by atoms with Crippen molar-refractivity contribution >= 4 is 17.3 Å². The van der Waals surface area contributed by atoms with Crippen LogP contribution in [0.3, 0.4) is 0 Å². The number of ether oxygens (including phenoxy) is 1. The fourth-order valence-corrected chi connectivity index (χ4v) is 2.53. The number of nitro groups is 1. The van der Waals surface area contributed by atoms with E-state index in [0.717, 1.165) is 11.3 Å². The van der Waals surface area contributed by atoms with Gasteiger partial charge in [-0.25, -0.2) is 0 Å². The molecule has 0 fully saturated rings. The summed E-state index contributed by atoms with van der Waals surface area (Å²) in [5, 5.41) is 18.0. The number of nitrogens with one attached hydrogen (secondary N) is 1. The zero-order valence-electron chi connectivity index (χ0n) is 14.9. The van der Waals surface area contributed by atoms with E-state index in [1.807, 2.05) is 32.0 Å². The molecule has 0 saturated heterocycles. The minimum absolute atomic E-state index is 0.00457. The Morgan fingerprint density at radius 3 is 2.67 bits per heavy atom. The smallest absolute Gasteiger partial charge is 0.275 e. The molecule has 0 aliphatic rings. The summed E-state index contributed by atoms with van der Waals surface area (Å²) in [5.41, 5.74) is 1.90. The number of carbonyl (C=O) groups is 1. The number of rotatable bonds is 6. The first kappa shape index (κ1) is 18.1. The van der Waals surface area contributed by atoms with E-state index in [2.05, 4.69) is 10.4 Å². The van der Waals surface area contributed by atoms with Gasteiger partial charge in [-0.15, -0.1) is 0 Å². The second kappa shape index (κ2) is 7.69. The lowest BCUT2D eigenvalue weighted by Gasteiger charge is -2.10. The number of aryl methyl sites for hydroxylation is 2. The van der Waals surface area contributed by atoms with Crippen LogP contribution >= 0.6 is 0 Å². The number of non-ortho nitro benzene ring substituents is 1. The number of carbonyl (C=O) groups excluding carboxylic acids is 1. The minimum Gasteiger partial charge on any atom is -0.457 e. The van der Waals surface area contributed by atoms with E-state index in [-0.39, 0.29) is 29.6 Å². The molecule has 1 aromatic heterocycles. The normalized spacial score (nSPS) is 10.4. The molecular formula is C19H18N4O4. The van der Waals surface area contributed by atoms with E-state index in [1.165, 1.54) is 16.8 Å². The average molecular weight is 366 g/mol. The van der Waals surface area contributed by atoms with Gasteiger partial charge in [0.2, 0.25) is 5.91 Å². The van der Waals surface area contributed by atoms with Gasteiger partial charge in [-0.3, -0.25) is 19.6 Å². The molecule has 3 aromatic rings. The number of hydrogen-bond acceptors (Lipinski definition) is 5. The Bertz CT molecular complexity index is 997. The zero-order valence-corrected chi connectivity index (χ0v) is 14.9. The van der Waals surface area contributed by atoms with E-state index in [4.69, 9.17) is 4.74 Å². The predicted octanol–water partition coefficient (Wildman–Crippen LogP) is 3.84. The number of amides is 1. The molecule has 0 aliphatic carbocycles. The molecule has 8 heteroatoms. The van der Waals surface area contributed by atoms with Gasteiger partial charge in [-0.2, -0.15) is 5.10 Å². The molecule has 2 aromatic carbocycles. The van der Waals surface area contributed by atoms with Gasteiger partial charge in [0.25, 0.3) is 5.69 Å². The lowest BCUT2D eigenvalue weighted by Crippen LogP contribution is -2.19. The largest absolute Gasteiger partial charge is 0.457 e. The molecule has 0 radical (unpaired) electrons. The number of nitro benzene ring substituents is 1. The van der Waals surface area contributed by atoms with Gasteiger partial charge in [0.15, 0.2) is 0 Å². The summed E-state index contributed by atoms with van der Waals surface area (Å²) in [5.74, 6) is 0.472. The first-order valence-electron chi connectivity index (χ1n) is 8.23. The first-order chi connectivity index (χ1) is 12.9. The molecule has 1 amide bonds. The van der Waals surface area contributed by atoms with Crippen molar-refractivity contribution in [3.63, 3.8) is 0 Å². The van der Waals surface area contributed by atoms with Crippen LogP contribution in [0.25, 0.3) is 0 Å². The highest BCUT2D eigenvalue weighted by molar-refractivity contribution is 5.91. The molecular weight excluding hydrogens is 348 g/mol. The van der Waals surface area contributed by atoms with Crippen LogP contribution in [0.5, 0.6) is 11.5 Å². The third-order valence-corrected chi connectivity index (χ3v) is 3.69. The van der Waals surface area contributed by atoms with Crippen LogP contribution in [0.4, 0.5) is 11.4 Å². The molecule has 0 unspecified atom stereocenters. The van der Waals surface area contributed by atoms with Crippen LogP contribution in [0.1, 0.15) is 11.3 Å². The topological polar surface area (TPSA) is 99.3 Å². The van der Waals surface area contributed by atoms with Crippen LogP contribution in [0.15, 0.2) is 54.7 Å². The number of hydrogen-bond donors (Lipinski definition) is 1. The van der Waals surface area contributed by atoms with Crippen molar-refractivity contribution in [3.05, 3.63) is 76.1 Å². The van der Waals surface area contributed by atoms with Gasteiger partial charge >= 0.3 is 0 Å². The van der Waals surface area contributed by atoms with Crippen LogP contribution in [0.2, 0.25) is 0 Å². The number of anilines is 1. The monoisotopic (exact) mass is 366 g/mol. The Labute approximate surface area is 155 Å². The van der Waals surface area contributed by atoms with Crippen molar-refractivity contribution in [2.75, 3.05) is 5.32 Å². The van der Waals surface area contributed by atoms with Crippen LogP contribution in [-0.2, 0) is 11.3 Å². The summed E-state index contributed by atoms with van der Waals surface area (Å²) in [4.78, 5) is 22.9. The van der Waals surface area contributed by atoms with E-state index < -0.39 is 4.92 Å². The number of aromatic nitrogens is 2. The summed E-state index contributed by atoms with van der Waals surface area (Å²) in [6, 6.07) is 13.3. The van der Waals surface area contributed by atoms with Crippen molar-refractivity contribution in [1.29, 1.82) is 0 Å². The minimum atomic E-state index is -0.532. The standard InChI is InChI=1S/C19H18N4O4/c1-13-4-3-5-17(8-13)27-18-10-15(9-16(11-18)23(25)26)20-19(24)12-22-7-6-14(2)21-22/h3-11H,12H2,1-2H3,(H,20,24). The average Bonchev–Trinajstić information content (AvgIpc) is 2.99. The highest BCUT2D eigenvalue weighted by Crippen LogP contribution is 2.30. The predicted molar refractivity (Wildman–Crippen MR) is 99.9 cm³/mol. The number of benzene rings is 2. The summed E-state index contributed by atoms with van der Waals surface area (Å²) >= 11 is 0. The molecule has 0 bridgehead atoms. The van der Waals surface area contributed by atoms with E-state index in [1.54, 1.807) is 24.4 Å². The Morgan fingerprint density at radius 1 is 1.19 bits per heavy atom. The molecule has 1 N–H and O–H groups in total. The molecule has 0 aliphatic heterocycles. The van der Waals surface area contributed by atoms with Gasteiger partial charge < -0.3 is 10.1 Å². The van der Waals surface area contributed by atoms with E-state index >= 15 is 0 Å². The summed E-state index contributed by atoms with van der Waals surface area (Å²) in [6.07, 6.45) is 1.69. The maximum absolute atomic E-state index is 12.2. The molecule has 8 nitrogen and oxygen atoms in total. The second-order valence-electron chi connectivity index (χ2n) is 6.09. The van der Waals surface area contributed by atoms with Crippen LogP contribution in [-0.4, -0.2) is 20.6 Å². The van der Waals surface area contributed by atoms with Crippen LogP contribution in [0, 0.1) is 24.0 Å². The molecule has 27 heavy (non-hydrogen) atoms. The van der Waals surface area contributed by atoms with Gasteiger partial charge in [-0.1, -0.05) is 12.1 Å². The van der Waals surface area contributed by atoms with Crippen molar-refractivity contribution < 1.29 is 14.5 Å². The van der Waals surface area contributed by atoms with Gasteiger partial charge in [0, 0.05) is 18.3 Å². The summed E-state index contributed by atoms with van der Waals surface area (Å²) in [7, 11) is 0. The van der Waals surface area contributed by atoms with Crippen molar-refractivity contribution in [2.45, 2.75) is 20.4 Å². The molecule has 138 valence electrons. The zero-order chi connectivity index (χ0) is 19.4. The maximum atomic E-state index is 12.2. The van der Waals surface area contributed by atoms with Gasteiger partial charge in [-0.05, 0) is 37.6 Å². The first-order valence-corrected chi connectivity index (χ1v) is 8.23. The Hall–Kier alpha value is -3.68. The highest BCUT2D eigenvalue weighted by Gasteiger charge is 2.13. The Morgan fingerprint density at radius 2 is 2.00 bits per heavy atom. The van der Waals surface area contributed by atoms with Crippen molar-refractivity contribution in [1.82, 2.24) is 9.78 Å². The Kier molecular flexibility index (Phi) is 5.16. The van der Waals surface area contributed by atoms with E-state index in [0.29, 0.717) is 5.75 Å². The van der Waals surface area contributed by atoms with Crippen molar-refractivity contribution in [3.8, 4) is 11.5 Å². The lowest BCUT2D eigenvalue weighted by molar-refractivity contribution is -0.384. The van der Waals surface area contributed by atoms with E-state index in [9.17, 15) is 14.9 Å². The molecule has 0 saturated carbocycles. The summed E-state index contributed by atoms with van der Waals surface area (Å²) in [6.45, 7) is 3.75. The molecule has 1 heterocycles.